The molecule has 0 saturated heterocycles. The van der Waals surface area contributed by atoms with E-state index in [1.807, 2.05) is 22.6 Å². The van der Waals surface area contributed by atoms with Crippen molar-refractivity contribution in [2.24, 2.45) is 5.92 Å². The molecule has 0 unspecified atom stereocenters. The molecule has 1 aromatic heterocycles. The number of fused-ring (bicyclic) bond motifs is 1. The van der Waals surface area contributed by atoms with Crippen LogP contribution in [0.4, 0.5) is 10.2 Å². The van der Waals surface area contributed by atoms with Gasteiger partial charge in [-0.3, -0.25) is 14.4 Å². The van der Waals surface area contributed by atoms with Crippen LogP contribution in [0.1, 0.15) is 58.8 Å². The van der Waals surface area contributed by atoms with Gasteiger partial charge in [-0.1, -0.05) is 0 Å². The van der Waals surface area contributed by atoms with Crippen molar-refractivity contribution < 1.29 is 33.0 Å². The first-order valence-corrected chi connectivity index (χ1v) is 12.4. The number of benzene rings is 1. The average molecular weight is 618 g/mol. The number of carbonyl (C=O) groups is 3. The zero-order chi connectivity index (χ0) is 27.6. The lowest BCUT2D eigenvalue weighted by atomic mass is 10.1. The number of halogens is 2. The minimum Gasteiger partial charge on any atom is -0.462 e. The normalized spacial score (nSPS) is 12.0. The van der Waals surface area contributed by atoms with Gasteiger partial charge in [-0.15, -0.1) is 0 Å². The Labute approximate surface area is 222 Å². The quantitative estimate of drug-likeness (QED) is 0.213. The molecule has 0 radical (unpaired) electrons. The summed E-state index contributed by atoms with van der Waals surface area (Å²) in [5.74, 6) is -4.84. The summed E-state index contributed by atoms with van der Waals surface area (Å²) in [6.45, 7) is 11.2. The van der Waals surface area contributed by atoms with Crippen LogP contribution in [0.3, 0.4) is 0 Å². The molecule has 9 nitrogen and oxygen atoms in total. The lowest BCUT2D eigenvalue weighted by Gasteiger charge is -2.29. The van der Waals surface area contributed by atoms with E-state index in [-0.39, 0.29) is 35.4 Å². The minimum absolute atomic E-state index is 0.00140. The number of nitrogens with zero attached hydrogens (tertiary/aromatic N) is 1. The van der Waals surface area contributed by atoms with Crippen molar-refractivity contribution in [3.05, 3.63) is 37.3 Å². The van der Waals surface area contributed by atoms with E-state index in [2.05, 4.69) is 4.98 Å². The molecule has 1 heterocycles. The number of rotatable bonds is 7. The highest BCUT2D eigenvalue weighted by molar-refractivity contribution is 14.1. The molecule has 0 amide bonds. The molecule has 1 N–H and O–H groups in total. The van der Waals surface area contributed by atoms with Gasteiger partial charge < -0.3 is 24.1 Å². The van der Waals surface area contributed by atoms with E-state index in [4.69, 9.17) is 14.2 Å². The summed E-state index contributed by atoms with van der Waals surface area (Å²) in [7, 11) is 1.45. The SMILES string of the molecule is CCOC(=O)c1c(N(C)CC(C(=O)OC(C)(C)C)C(=O)OC(C)(C)C)[nH]c2c(F)cc(I)cc2c1=O. The fourth-order valence-corrected chi connectivity index (χ4v) is 3.92. The molecule has 0 fully saturated rings. The summed E-state index contributed by atoms with van der Waals surface area (Å²) in [4.78, 5) is 56.1. The standard InChI is InChI=1S/C25H32FIN2O7/c1-9-34-23(33)17-19(30)14-10-13(27)11-16(26)18(14)28-20(17)29(8)12-15(21(31)35-24(2,3)4)22(32)36-25(5,6)7/h10-11,15H,9,12H2,1-8H3,(H,28,30). The zero-order valence-electron chi connectivity index (χ0n) is 21.7. The second-order valence-electron chi connectivity index (χ2n) is 10.2. The highest BCUT2D eigenvalue weighted by atomic mass is 127. The first kappa shape index (κ1) is 29.5. The molecule has 0 atom stereocenters. The second-order valence-corrected chi connectivity index (χ2v) is 11.5. The van der Waals surface area contributed by atoms with Crippen LogP contribution in [0.15, 0.2) is 16.9 Å². The van der Waals surface area contributed by atoms with Crippen molar-refractivity contribution in [2.45, 2.75) is 59.7 Å². The van der Waals surface area contributed by atoms with Crippen LogP contribution >= 0.6 is 22.6 Å². The molecular weight excluding hydrogens is 586 g/mol. The van der Waals surface area contributed by atoms with Crippen LogP contribution in [0.25, 0.3) is 10.9 Å². The molecule has 0 saturated carbocycles. The van der Waals surface area contributed by atoms with E-state index < -0.39 is 46.3 Å². The van der Waals surface area contributed by atoms with Gasteiger partial charge in [0.2, 0.25) is 5.43 Å². The number of anilines is 1. The Kier molecular flexibility index (Phi) is 9.14. The van der Waals surface area contributed by atoms with E-state index in [0.29, 0.717) is 3.57 Å². The van der Waals surface area contributed by atoms with Crippen molar-refractivity contribution in [3.8, 4) is 0 Å². The van der Waals surface area contributed by atoms with Crippen molar-refractivity contribution >= 4 is 57.2 Å². The Morgan fingerprint density at radius 2 is 1.58 bits per heavy atom. The van der Waals surface area contributed by atoms with Crippen LogP contribution in [0, 0.1) is 15.3 Å². The van der Waals surface area contributed by atoms with Crippen molar-refractivity contribution in [1.82, 2.24) is 4.98 Å². The molecule has 198 valence electrons. The van der Waals surface area contributed by atoms with E-state index >= 15 is 0 Å². The van der Waals surface area contributed by atoms with Crippen LogP contribution in [0.5, 0.6) is 0 Å². The van der Waals surface area contributed by atoms with Gasteiger partial charge in [0.25, 0.3) is 0 Å². The maximum atomic E-state index is 14.8. The number of esters is 3. The Morgan fingerprint density at radius 1 is 1.06 bits per heavy atom. The topological polar surface area (TPSA) is 115 Å². The molecule has 1 aromatic carbocycles. The third-order valence-corrected chi connectivity index (χ3v) is 5.33. The molecule has 0 aliphatic rings. The number of hydrogen-bond acceptors (Lipinski definition) is 8. The van der Waals surface area contributed by atoms with Crippen LogP contribution in [0.2, 0.25) is 0 Å². The van der Waals surface area contributed by atoms with Gasteiger partial charge in [0.1, 0.15) is 28.4 Å². The smallest absolute Gasteiger partial charge is 0.345 e. The zero-order valence-corrected chi connectivity index (χ0v) is 23.9. The lowest BCUT2D eigenvalue weighted by molar-refractivity contribution is -0.173. The number of carbonyl (C=O) groups excluding carboxylic acids is 3. The first-order valence-electron chi connectivity index (χ1n) is 11.3. The molecule has 0 aliphatic carbocycles. The van der Waals surface area contributed by atoms with Gasteiger partial charge in [-0.2, -0.15) is 0 Å². The number of aromatic nitrogens is 1. The summed E-state index contributed by atoms with van der Waals surface area (Å²) >= 11 is 1.87. The van der Waals surface area contributed by atoms with E-state index in [1.165, 1.54) is 24.1 Å². The summed E-state index contributed by atoms with van der Waals surface area (Å²) in [5.41, 5.74) is -3.01. The summed E-state index contributed by atoms with van der Waals surface area (Å²) in [5, 5.41) is -0.0320. The monoisotopic (exact) mass is 618 g/mol. The number of pyridine rings is 1. The van der Waals surface area contributed by atoms with E-state index in [1.54, 1.807) is 48.5 Å². The maximum Gasteiger partial charge on any atom is 0.345 e. The fraction of sp³-hybridized carbons (Fsp3) is 0.520. The van der Waals surface area contributed by atoms with E-state index in [9.17, 15) is 23.6 Å². The Hall–Kier alpha value is -2.70. The van der Waals surface area contributed by atoms with Gasteiger partial charge >= 0.3 is 17.9 Å². The van der Waals surface area contributed by atoms with Crippen LogP contribution in [-0.4, -0.2) is 54.3 Å². The number of H-pyrrole nitrogens is 1. The lowest BCUT2D eigenvalue weighted by Crippen LogP contribution is -2.43. The van der Waals surface area contributed by atoms with Crippen LogP contribution < -0.4 is 10.3 Å². The highest BCUT2D eigenvalue weighted by Gasteiger charge is 2.37. The number of ether oxygens (including phenoxy) is 3. The van der Waals surface area contributed by atoms with Gasteiger partial charge in [0, 0.05) is 17.2 Å². The highest BCUT2D eigenvalue weighted by Crippen LogP contribution is 2.25. The summed E-state index contributed by atoms with van der Waals surface area (Å²) in [6.07, 6.45) is 0. The minimum atomic E-state index is -1.43. The van der Waals surface area contributed by atoms with Crippen molar-refractivity contribution in [1.29, 1.82) is 0 Å². The van der Waals surface area contributed by atoms with Gasteiger partial charge in [-0.25, -0.2) is 9.18 Å². The third kappa shape index (κ3) is 7.40. The van der Waals surface area contributed by atoms with Crippen LogP contribution in [-0.2, 0) is 23.8 Å². The Bertz CT molecular complexity index is 1200. The summed E-state index contributed by atoms with van der Waals surface area (Å²) in [6, 6.07) is 2.69. The molecule has 0 bridgehead atoms. The van der Waals surface area contributed by atoms with Crippen molar-refractivity contribution in [3.63, 3.8) is 0 Å². The van der Waals surface area contributed by atoms with Gasteiger partial charge in [0.05, 0.1) is 17.5 Å². The largest absolute Gasteiger partial charge is 0.462 e. The molecular formula is C25H32FIN2O7. The molecule has 11 heteroatoms. The Morgan fingerprint density at radius 3 is 2.06 bits per heavy atom. The van der Waals surface area contributed by atoms with Crippen molar-refractivity contribution in [2.75, 3.05) is 25.1 Å². The van der Waals surface area contributed by atoms with E-state index in [0.717, 1.165) is 0 Å². The number of aromatic amines is 1. The first-order chi connectivity index (χ1) is 16.4. The molecule has 2 rings (SSSR count). The average Bonchev–Trinajstić information content (AvgIpc) is 2.69. The molecule has 36 heavy (non-hydrogen) atoms. The maximum absolute atomic E-state index is 14.8. The Balaban J connectivity index is 2.65. The second kappa shape index (κ2) is 11.1. The number of nitrogens with one attached hydrogen (secondary N) is 1. The predicted octanol–water partition coefficient (Wildman–Crippen LogP) is 4.18. The fourth-order valence-electron chi connectivity index (χ4n) is 3.34. The van der Waals surface area contributed by atoms with Gasteiger partial charge in [-0.05, 0) is 83.2 Å². The predicted molar refractivity (Wildman–Crippen MR) is 142 cm³/mol. The molecule has 0 aliphatic heterocycles. The van der Waals surface area contributed by atoms with Gasteiger partial charge in [0.15, 0.2) is 5.92 Å². The molecule has 0 spiro atoms. The summed E-state index contributed by atoms with van der Waals surface area (Å²) < 4.78 is 31.2. The number of hydrogen-bond donors (Lipinski definition) is 1. The molecule has 2 aromatic rings. The third-order valence-electron chi connectivity index (χ3n) is 4.71.